The van der Waals surface area contributed by atoms with Crippen molar-refractivity contribution < 1.29 is 27.5 Å². The summed E-state index contributed by atoms with van der Waals surface area (Å²) >= 11 is 0. The highest BCUT2D eigenvalue weighted by atomic mass is 19.1. The van der Waals surface area contributed by atoms with Gasteiger partial charge in [0.25, 0.3) is 5.91 Å². The number of hydrogen-bond donors (Lipinski definition) is 1. The van der Waals surface area contributed by atoms with Crippen molar-refractivity contribution in [1.82, 2.24) is 0 Å². The summed E-state index contributed by atoms with van der Waals surface area (Å²) in [4.78, 5) is 26.1. The van der Waals surface area contributed by atoms with Crippen LogP contribution in [0.3, 0.4) is 0 Å². The predicted octanol–water partition coefficient (Wildman–Crippen LogP) is 6.15. The van der Waals surface area contributed by atoms with Crippen LogP contribution < -0.4 is 10.1 Å². The Labute approximate surface area is 188 Å². The number of aryl methyl sites for hydroxylation is 1. The molecular weight excluding hydrogens is 428 g/mol. The standard InChI is InChI=1S/C26H19F2NO4/c1-14-22-20(32-24(14)25(31)29-18-9-7-17(28)8-10-18)11-12-21-23(22)19(30)13-26(2,33-21)15-3-5-16(27)6-4-15/h3-12H,13H2,1-2H3,(H,29,31)/t26-/m0/s1. The zero-order valence-corrected chi connectivity index (χ0v) is 17.9. The Morgan fingerprint density at radius 2 is 1.61 bits per heavy atom. The quantitative estimate of drug-likeness (QED) is 0.409. The fraction of sp³-hybridized carbons (Fsp3) is 0.154. The van der Waals surface area contributed by atoms with Crippen LogP contribution in [0.1, 0.15) is 45.4 Å². The highest BCUT2D eigenvalue weighted by molar-refractivity contribution is 6.14. The highest BCUT2D eigenvalue weighted by Gasteiger charge is 2.40. The Balaban J connectivity index is 1.53. The number of furan rings is 1. The van der Waals surface area contributed by atoms with Gasteiger partial charge < -0.3 is 14.5 Å². The van der Waals surface area contributed by atoms with Crippen LogP contribution in [0.25, 0.3) is 11.0 Å². The first-order valence-electron chi connectivity index (χ1n) is 10.4. The van der Waals surface area contributed by atoms with Gasteiger partial charge in [-0.3, -0.25) is 9.59 Å². The van der Waals surface area contributed by atoms with E-state index in [9.17, 15) is 18.4 Å². The third kappa shape index (κ3) is 3.55. The molecule has 166 valence electrons. The number of ketones is 1. The average Bonchev–Trinajstić information content (AvgIpc) is 3.12. The minimum Gasteiger partial charge on any atom is -0.482 e. The SMILES string of the molecule is Cc1c(C(=O)Nc2ccc(F)cc2)oc2ccc3c(c12)C(=O)C[C@@](C)(c1ccc(F)cc1)O3. The largest absolute Gasteiger partial charge is 0.482 e. The molecule has 2 heterocycles. The number of rotatable bonds is 3. The molecule has 0 saturated carbocycles. The molecule has 4 aromatic rings. The fourth-order valence-electron chi connectivity index (χ4n) is 4.26. The van der Waals surface area contributed by atoms with Gasteiger partial charge in [-0.05, 0) is 67.9 Å². The number of Topliss-reactive ketones (excluding diaryl/α,β-unsaturated/α-hetero) is 1. The molecule has 0 bridgehead atoms. The maximum atomic E-state index is 13.4. The molecule has 1 amide bonds. The van der Waals surface area contributed by atoms with Gasteiger partial charge in [0.05, 0.1) is 12.0 Å². The summed E-state index contributed by atoms with van der Waals surface area (Å²) in [5.74, 6) is -1.02. The molecule has 0 aliphatic carbocycles. The van der Waals surface area contributed by atoms with Gasteiger partial charge in [0, 0.05) is 16.6 Å². The molecule has 0 spiro atoms. The number of carbonyl (C=O) groups excluding carboxylic acids is 2. The van der Waals surface area contributed by atoms with Crippen molar-refractivity contribution in [2.45, 2.75) is 25.9 Å². The monoisotopic (exact) mass is 447 g/mol. The summed E-state index contributed by atoms with van der Waals surface area (Å²) in [5, 5.41) is 3.19. The number of anilines is 1. The summed E-state index contributed by atoms with van der Waals surface area (Å²) in [6, 6.07) is 14.5. The van der Waals surface area contributed by atoms with Crippen LogP contribution in [-0.4, -0.2) is 11.7 Å². The van der Waals surface area contributed by atoms with Gasteiger partial charge in [-0.15, -0.1) is 0 Å². The van der Waals surface area contributed by atoms with Crippen LogP contribution in [0.2, 0.25) is 0 Å². The minimum absolute atomic E-state index is 0.0481. The Hall–Kier alpha value is -4.00. The van der Waals surface area contributed by atoms with Gasteiger partial charge in [-0.2, -0.15) is 0 Å². The van der Waals surface area contributed by atoms with Crippen molar-refractivity contribution in [3.05, 3.63) is 94.7 Å². The van der Waals surface area contributed by atoms with E-state index in [4.69, 9.17) is 9.15 Å². The Kier molecular flexibility index (Phi) is 4.78. The fourth-order valence-corrected chi connectivity index (χ4v) is 4.26. The average molecular weight is 447 g/mol. The first-order valence-corrected chi connectivity index (χ1v) is 10.4. The molecule has 7 heteroatoms. The third-order valence-corrected chi connectivity index (χ3v) is 5.93. The molecule has 1 aliphatic rings. The molecule has 1 N–H and O–H groups in total. The van der Waals surface area contributed by atoms with Crippen LogP contribution in [0.4, 0.5) is 14.5 Å². The minimum atomic E-state index is -0.952. The number of carbonyl (C=O) groups is 2. The lowest BCUT2D eigenvalue weighted by Crippen LogP contribution is -2.36. The first kappa shape index (κ1) is 20.9. The normalized spacial score (nSPS) is 17.5. The molecule has 3 aromatic carbocycles. The highest BCUT2D eigenvalue weighted by Crippen LogP contribution is 2.44. The van der Waals surface area contributed by atoms with E-state index in [2.05, 4.69) is 5.32 Å². The van der Waals surface area contributed by atoms with Crippen molar-refractivity contribution in [3.8, 4) is 5.75 Å². The van der Waals surface area contributed by atoms with Gasteiger partial charge in [0.2, 0.25) is 0 Å². The van der Waals surface area contributed by atoms with Gasteiger partial charge in [0.1, 0.15) is 28.6 Å². The Bertz CT molecular complexity index is 1410. The van der Waals surface area contributed by atoms with E-state index in [1.54, 1.807) is 38.1 Å². The topological polar surface area (TPSA) is 68.5 Å². The number of hydrogen-bond acceptors (Lipinski definition) is 4. The molecule has 33 heavy (non-hydrogen) atoms. The van der Waals surface area contributed by atoms with E-state index in [0.29, 0.717) is 39.1 Å². The van der Waals surface area contributed by atoms with Crippen molar-refractivity contribution in [2.24, 2.45) is 0 Å². The second kappa shape index (κ2) is 7.55. The Morgan fingerprint density at radius 1 is 0.970 bits per heavy atom. The van der Waals surface area contributed by atoms with Crippen molar-refractivity contribution in [2.75, 3.05) is 5.32 Å². The molecule has 1 aliphatic heterocycles. The molecule has 1 aromatic heterocycles. The molecule has 0 saturated heterocycles. The number of halogens is 2. The Morgan fingerprint density at radius 3 is 2.27 bits per heavy atom. The van der Waals surface area contributed by atoms with Crippen LogP contribution in [0.15, 0.2) is 65.1 Å². The second-order valence-corrected chi connectivity index (χ2v) is 8.27. The molecule has 0 unspecified atom stereocenters. The van der Waals surface area contributed by atoms with Gasteiger partial charge in [0.15, 0.2) is 11.5 Å². The smallest absolute Gasteiger partial charge is 0.291 e. The summed E-state index contributed by atoms with van der Waals surface area (Å²) in [7, 11) is 0. The van der Waals surface area contributed by atoms with E-state index in [1.807, 2.05) is 0 Å². The second-order valence-electron chi connectivity index (χ2n) is 8.27. The zero-order valence-electron chi connectivity index (χ0n) is 17.9. The number of fused-ring (bicyclic) bond motifs is 3. The van der Waals surface area contributed by atoms with E-state index < -0.39 is 17.3 Å². The lowest BCUT2D eigenvalue weighted by atomic mass is 9.84. The third-order valence-electron chi connectivity index (χ3n) is 5.93. The van der Waals surface area contributed by atoms with Gasteiger partial charge >= 0.3 is 0 Å². The number of amides is 1. The molecular formula is C26H19F2NO4. The molecule has 1 atom stereocenters. The summed E-state index contributed by atoms with van der Waals surface area (Å²) < 4.78 is 38.5. The summed E-state index contributed by atoms with van der Waals surface area (Å²) in [6.45, 7) is 3.49. The summed E-state index contributed by atoms with van der Waals surface area (Å²) in [5.41, 5.74) is 1.39. The van der Waals surface area contributed by atoms with Crippen LogP contribution in [-0.2, 0) is 5.60 Å². The number of ether oxygens (including phenoxy) is 1. The maximum absolute atomic E-state index is 13.4. The van der Waals surface area contributed by atoms with E-state index >= 15 is 0 Å². The van der Waals surface area contributed by atoms with Crippen molar-refractivity contribution in [3.63, 3.8) is 0 Å². The molecule has 5 rings (SSSR count). The first-order chi connectivity index (χ1) is 15.7. The van der Waals surface area contributed by atoms with E-state index in [1.165, 1.54) is 36.4 Å². The maximum Gasteiger partial charge on any atom is 0.291 e. The van der Waals surface area contributed by atoms with Gasteiger partial charge in [-0.25, -0.2) is 8.78 Å². The van der Waals surface area contributed by atoms with Crippen LogP contribution in [0.5, 0.6) is 5.75 Å². The zero-order chi connectivity index (χ0) is 23.3. The van der Waals surface area contributed by atoms with Gasteiger partial charge in [-0.1, -0.05) is 12.1 Å². The molecule has 0 radical (unpaired) electrons. The predicted molar refractivity (Wildman–Crippen MR) is 119 cm³/mol. The van der Waals surface area contributed by atoms with Crippen LogP contribution >= 0.6 is 0 Å². The lowest BCUT2D eigenvalue weighted by molar-refractivity contribution is 0.0507. The van der Waals surface area contributed by atoms with E-state index in [-0.39, 0.29) is 23.8 Å². The number of benzene rings is 3. The van der Waals surface area contributed by atoms with Crippen LogP contribution in [0, 0.1) is 18.6 Å². The molecule has 0 fully saturated rings. The lowest BCUT2D eigenvalue weighted by Gasteiger charge is -2.35. The van der Waals surface area contributed by atoms with Crippen molar-refractivity contribution in [1.29, 1.82) is 0 Å². The molecule has 5 nitrogen and oxygen atoms in total. The number of nitrogens with one attached hydrogen (secondary N) is 1. The van der Waals surface area contributed by atoms with Crippen molar-refractivity contribution >= 4 is 28.3 Å². The van der Waals surface area contributed by atoms with E-state index in [0.717, 1.165) is 0 Å². The summed E-state index contributed by atoms with van der Waals surface area (Å²) in [6.07, 6.45) is 0.0481.